The van der Waals surface area contributed by atoms with Crippen LogP contribution in [0, 0.1) is 0 Å². The summed E-state index contributed by atoms with van der Waals surface area (Å²) in [5.74, 6) is 0.658. The first-order chi connectivity index (χ1) is 11.4. The molecule has 0 saturated carbocycles. The molecule has 2 heterocycles. The van der Waals surface area contributed by atoms with E-state index in [1.165, 1.54) is 0 Å². The summed E-state index contributed by atoms with van der Waals surface area (Å²) in [7, 11) is 0. The Kier molecular flexibility index (Phi) is 5.49. The molecule has 3 nitrogen and oxygen atoms in total. The predicted molar refractivity (Wildman–Crippen MR) is 98.7 cm³/mol. The van der Waals surface area contributed by atoms with Crippen LogP contribution in [0.2, 0.25) is 0 Å². The van der Waals surface area contributed by atoms with Gasteiger partial charge in [0.2, 0.25) is 0 Å². The van der Waals surface area contributed by atoms with Gasteiger partial charge in [-0.25, -0.2) is 0 Å². The molecular formula is C19H15N3PtS. The number of aromatic nitrogens is 2. The van der Waals surface area contributed by atoms with Crippen LogP contribution in [0.15, 0.2) is 54.7 Å². The maximum atomic E-state index is 4.94. The first kappa shape index (κ1) is 17.3. The van der Waals surface area contributed by atoms with Gasteiger partial charge in [-0.1, -0.05) is 36.4 Å². The number of hydrogen-bond donors (Lipinski definition) is 0. The fraction of sp³-hybridized carbons (Fsp3) is 0.158. The molecule has 0 N–H and O–H groups in total. The molecule has 0 aliphatic heterocycles. The normalized spacial score (nSPS) is 11.0. The number of pyridine rings is 2. The van der Waals surface area contributed by atoms with Gasteiger partial charge in [-0.05, 0) is 17.5 Å². The van der Waals surface area contributed by atoms with Gasteiger partial charge in [0.1, 0.15) is 0 Å². The molecular weight excluding hydrogens is 497 g/mol. The predicted octanol–water partition coefficient (Wildman–Crippen LogP) is 4.35. The van der Waals surface area contributed by atoms with E-state index < -0.39 is 0 Å². The molecule has 0 radical (unpaired) electrons. The summed E-state index contributed by atoms with van der Waals surface area (Å²) >= 11 is 4.94. The van der Waals surface area contributed by atoms with Crippen LogP contribution in [0.25, 0.3) is 37.9 Å². The van der Waals surface area contributed by atoms with E-state index in [1.54, 1.807) is 0 Å². The van der Waals surface area contributed by atoms with Crippen LogP contribution in [-0.2, 0) is 40.2 Å². The molecule has 0 saturated heterocycles. The van der Waals surface area contributed by atoms with E-state index in [1.807, 2.05) is 18.3 Å². The second-order valence-corrected chi connectivity index (χ2v) is 5.90. The molecule has 0 atom stereocenters. The van der Waals surface area contributed by atoms with Crippen LogP contribution in [-0.4, -0.2) is 22.3 Å². The molecule has 0 unspecified atom stereocenters. The average Bonchev–Trinajstić information content (AvgIpc) is 2.61. The summed E-state index contributed by atoms with van der Waals surface area (Å²) in [5.41, 5.74) is 2.97. The Morgan fingerprint density at radius 2 is 1.58 bits per heavy atom. The minimum atomic E-state index is 0. The van der Waals surface area contributed by atoms with Gasteiger partial charge in [-0.15, -0.1) is 6.54 Å². The Labute approximate surface area is 160 Å². The maximum absolute atomic E-state index is 4.94. The van der Waals surface area contributed by atoms with Crippen LogP contribution in [0.4, 0.5) is 0 Å². The largest absolute Gasteiger partial charge is 2.00 e. The second kappa shape index (κ2) is 7.60. The second-order valence-electron chi connectivity index (χ2n) is 5.49. The fourth-order valence-electron chi connectivity index (χ4n) is 2.92. The van der Waals surface area contributed by atoms with Crippen molar-refractivity contribution < 1.29 is 21.1 Å². The third-order valence-electron chi connectivity index (χ3n) is 3.99. The van der Waals surface area contributed by atoms with E-state index >= 15 is 0 Å². The van der Waals surface area contributed by atoms with E-state index in [0.717, 1.165) is 38.3 Å². The molecule has 122 valence electrons. The molecule has 4 rings (SSSR count). The molecule has 2 aromatic carbocycles. The molecule has 0 aliphatic carbocycles. The van der Waals surface area contributed by atoms with Crippen molar-refractivity contribution >= 4 is 45.2 Å². The Morgan fingerprint density at radius 1 is 0.875 bits per heavy atom. The third kappa shape index (κ3) is 3.19. The number of benzene rings is 2. The van der Waals surface area contributed by atoms with Gasteiger partial charge >= 0.3 is 21.1 Å². The van der Waals surface area contributed by atoms with Gasteiger partial charge in [0, 0.05) is 28.0 Å². The van der Waals surface area contributed by atoms with E-state index in [0.29, 0.717) is 18.8 Å². The summed E-state index contributed by atoms with van der Waals surface area (Å²) in [6, 6.07) is 16.7. The van der Waals surface area contributed by atoms with Crippen molar-refractivity contribution in [1.29, 1.82) is 0 Å². The zero-order valence-corrected chi connectivity index (χ0v) is 16.0. The summed E-state index contributed by atoms with van der Waals surface area (Å²) < 4.78 is 0. The average molecular weight is 512 g/mol. The molecule has 0 aliphatic rings. The van der Waals surface area contributed by atoms with Crippen LogP contribution >= 0.6 is 0 Å². The van der Waals surface area contributed by atoms with Gasteiger partial charge in [0.15, 0.2) is 0 Å². The molecule has 4 aromatic rings. The van der Waals surface area contributed by atoms with Crippen molar-refractivity contribution in [2.24, 2.45) is 0 Å². The SMILES string of the molecule is [Pt+2].[S-]CC[N-]Cc1ccc2ccc3ccc4cccnc4c3c2n1. The molecule has 0 amide bonds. The molecule has 24 heavy (non-hydrogen) atoms. The van der Waals surface area contributed by atoms with Gasteiger partial charge in [-0.2, -0.15) is 12.3 Å². The van der Waals surface area contributed by atoms with E-state index in [9.17, 15) is 0 Å². The molecule has 0 spiro atoms. The molecule has 5 heteroatoms. The Bertz CT molecular complexity index is 998. The Balaban J connectivity index is 0.00000169. The number of nitrogens with zero attached hydrogens (tertiary/aromatic N) is 3. The first-order valence-electron chi connectivity index (χ1n) is 7.64. The quantitative estimate of drug-likeness (QED) is 0.232. The van der Waals surface area contributed by atoms with Crippen LogP contribution in [0.3, 0.4) is 0 Å². The van der Waals surface area contributed by atoms with Gasteiger partial charge in [0.05, 0.1) is 11.0 Å². The maximum Gasteiger partial charge on any atom is 2.00 e. The van der Waals surface area contributed by atoms with Gasteiger partial charge < -0.3 is 17.9 Å². The Hall–Kier alpha value is -1.48. The van der Waals surface area contributed by atoms with Crippen molar-refractivity contribution in [3.63, 3.8) is 0 Å². The zero-order valence-electron chi connectivity index (χ0n) is 12.9. The van der Waals surface area contributed by atoms with Crippen molar-refractivity contribution in [3.8, 4) is 0 Å². The van der Waals surface area contributed by atoms with Crippen LogP contribution in [0.5, 0.6) is 0 Å². The van der Waals surface area contributed by atoms with Crippen molar-refractivity contribution in [2.75, 3.05) is 12.3 Å². The van der Waals surface area contributed by atoms with Crippen molar-refractivity contribution in [1.82, 2.24) is 9.97 Å². The van der Waals surface area contributed by atoms with Crippen molar-refractivity contribution in [2.45, 2.75) is 6.54 Å². The van der Waals surface area contributed by atoms with E-state index in [4.69, 9.17) is 17.6 Å². The summed E-state index contributed by atoms with van der Waals surface area (Å²) in [6.45, 7) is 1.32. The standard InChI is InChI=1S/C19H16N3S.Pt/c23-11-10-20-12-16-8-7-15-6-4-13-3-5-14-2-1-9-21-18(14)17(13)19(15)22-16;/h1-9,23H,10-12H2;/q-1;+2/p-1. The number of hydrogen-bond acceptors (Lipinski definition) is 3. The smallest absolute Gasteiger partial charge is 0.794 e. The summed E-state index contributed by atoms with van der Waals surface area (Å²) in [6.07, 6.45) is 1.84. The Morgan fingerprint density at radius 3 is 2.38 bits per heavy atom. The summed E-state index contributed by atoms with van der Waals surface area (Å²) in [4.78, 5) is 9.44. The minimum absolute atomic E-state index is 0. The van der Waals surface area contributed by atoms with Crippen LogP contribution < -0.4 is 0 Å². The molecule has 0 bridgehead atoms. The summed E-state index contributed by atoms with van der Waals surface area (Å²) in [5, 5.41) is 8.97. The van der Waals surface area contributed by atoms with Crippen LogP contribution in [0.1, 0.15) is 5.69 Å². The topological polar surface area (TPSA) is 39.9 Å². The third-order valence-corrected chi connectivity index (χ3v) is 4.18. The fourth-order valence-corrected chi connectivity index (χ4v) is 3.05. The monoisotopic (exact) mass is 512 g/mol. The minimum Gasteiger partial charge on any atom is -0.794 e. The van der Waals surface area contributed by atoms with E-state index in [-0.39, 0.29) is 21.1 Å². The molecule has 2 aromatic heterocycles. The van der Waals surface area contributed by atoms with Gasteiger partial charge in [-0.3, -0.25) is 9.97 Å². The van der Waals surface area contributed by atoms with Gasteiger partial charge in [0.25, 0.3) is 0 Å². The number of fused-ring (bicyclic) bond motifs is 5. The van der Waals surface area contributed by atoms with Crippen molar-refractivity contribution in [3.05, 3.63) is 65.7 Å². The zero-order chi connectivity index (χ0) is 15.6. The first-order valence-corrected chi connectivity index (χ1v) is 8.22. The molecule has 0 fully saturated rings. The van der Waals surface area contributed by atoms with E-state index in [2.05, 4.69) is 46.7 Å². The number of rotatable bonds is 4.